The first-order valence-corrected chi connectivity index (χ1v) is 3.55. The molecule has 0 saturated heterocycles. The van der Waals surface area contributed by atoms with Gasteiger partial charge in [0.1, 0.15) is 6.26 Å². The number of nitrogens with zero attached hydrogens (tertiary/aromatic N) is 1. The van der Waals surface area contributed by atoms with Crippen LogP contribution in [0.25, 0.3) is 0 Å². The summed E-state index contributed by atoms with van der Waals surface area (Å²) in [4.78, 5) is 11.2. The van der Waals surface area contributed by atoms with E-state index in [1.807, 2.05) is 0 Å². The molecule has 0 radical (unpaired) electrons. The number of amides is 1. The van der Waals surface area contributed by atoms with Gasteiger partial charge in [-0.1, -0.05) is 5.16 Å². The summed E-state index contributed by atoms with van der Waals surface area (Å²) in [7, 11) is 0. The lowest BCUT2D eigenvalue weighted by atomic mass is 10.3. The van der Waals surface area contributed by atoms with Gasteiger partial charge in [-0.15, -0.1) is 0 Å². The number of aliphatic hydroxyl groups is 1. The van der Waals surface area contributed by atoms with Crippen molar-refractivity contribution in [2.75, 3.05) is 6.61 Å². The molecule has 0 aliphatic heterocycles. The first-order valence-electron chi connectivity index (χ1n) is 3.55. The Morgan fingerprint density at radius 3 is 3.17 bits per heavy atom. The number of hydrogen-bond donors (Lipinski definition) is 2. The maximum atomic E-state index is 11.2. The minimum atomic E-state index is -0.294. The lowest BCUT2D eigenvalue weighted by Gasteiger charge is -2.08. The van der Waals surface area contributed by atoms with Crippen LogP contribution in [-0.4, -0.2) is 28.8 Å². The molecule has 12 heavy (non-hydrogen) atoms. The summed E-state index contributed by atoms with van der Waals surface area (Å²) < 4.78 is 4.48. The van der Waals surface area contributed by atoms with E-state index < -0.39 is 0 Å². The van der Waals surface area contributed by atoms with Gasteiger partial charge in [-0.25, -0.2) is 0 Å². The molecule has 1 aromatic heterocycles. The maximum absolute atomic E-state index is 11.2. The van der Waals surface area contributed by atoms with Gasteiger partial charge in [-0.3, -0.25) is 4.79 Å². The first-order chi connectivity index (χ1) is 5.74. The predicted octanol–water partition coefficient (Wildman–Crippen LogP) is -0.215. The molecule has 1 rings (SSSR count). The third kappa shape index (κ3) is 2.06. The molecule has 2 N–H and O–H groups in total. The first kappa shape index (κ1) is 8.73. The molecule has 66 valence electrons. The number of carbonyl (C=O) groups is 1. The van der Waals surface area contributed by atoms with Crippen molar-refractivity contribution >= 4 is 5.91 Å². The molecule has 0 aromatic carbocycles. The van der Waals surface area contributed by atoms with Crippen LogP contribution in [0, 0.1) is 0 Å². The normalized spacial score (nSPS) is 12.5. The van der Waals surface area contributed by atoms with Gasteiger partial charge >= 0.3 is 0 Å². The topological polar surface area (TPSA) is 75.4 Å². The summed E-state index contributed by atoms with van der Waals surface area (Å²) in [6.45, 7) is 1.61. The number of aromatic nitrogens is 1. The van der Waals surface area contributed by atoms with Gasteiger partial charge in [-0.05, 0) is 6.92 Å². The molecule has 1 unspecified atom stereocenters. The second kappa shape index (κ2) is 3.87. The number of aliphatic hydroxyl groups excluding tert-OH is 1. The Hall–Kier alpha value is -1.36. The zero-order valence-corrected chi connectivity index (χ0v) is 6.65. The molecule has 0 fully saturated rings. The molecule has 5 nitrogen and oxygen atoms in total. The summed E-state index contributed by atoms with van der Waals surface area (Å²) in [5.74, 6) is -0.294. The van der Waals surface area contributed by atoms with Crippen LogP contribution < -0.4 is 5.32 Å². The van der Waals surface area contributed by atoms with Gasteiger partial charge in [-0.2, -0.15) is 0 Å². The molecule has 0 aliphatic carbocycles. The fourth-order valence-electron chi connectivity index (χ4n) is 0.670. The highest BCUT2D eigenvalue weighted by molar-refractivity contribution is 5.93. The molecule has 1 atom stereocenters. The monoisotopic (exact) mass is 170 g/mol. The van der Waals surface area contributed by atoms with Crippen molar-refractivity contribution in [3.8, 4) is 0 Å². The smallest absolute Gasteiger partial charge is 0.256 e. The number of hydrogen-bond acceptors (Lipinski definition) is 4. The Balaban J connectivity index is 2.50. The fraction of sp³-hybridized carbons (Fsp3) is 0.429. The molecule has 0 aliphatic rings. The summed E-state index contributed by atoms with van der Waals surface area (Å²) in [5, 5.41) is 14.5. The summed E-state index contributed by atoms with van der Waals surface area (Å²) in [6, 6.07) is -0.257. The summed E-state index contributed by atoms with van der Waals surface area (Å²) in [6.07, 6.45) is 2.57. The quantitative estimate of drug-likeness (QED) is 0.657. The van der Waals surface area contributed by atoms with Gasteiger partial charge in [0.25, 0.3) is 5.91 Å². The highest BCUT2D eigenvalue weighted by atomic mass is 16.5. The van der Waals surface area contributed by atoms with E-state index in [2.05, 4.69) is 15.0 Å². The minimum Gasteiger partial charge on any atom is -0.394 e. The van der Waals surface area contributed by atoms with Crippen LogP contribution in [0.4, 0.5) is 0 Å². The van der Waals surface area contributed by atoms with E-state index in [1.54, 1.807) is 6.92 Å². The van der Waals surface area contributed by atoms with Crippen LogP contribution in [0.1, 0.15) is 17.3 Å². The highest BCUT2D eigenvalue weighted by Crippen LogP contribution is 1.96. The van der Waals surface area contributed by atoms with Crippen molar-refractivity contribution in [3.05, 3.63) is 18.0 Å². The third-order valence-electron chi connectivity index (χ3n) is 1.35. The number of carbonyl (C=O) groups excluding carboxylic acids is 1. The van der Waals surface area contributed by atoms with Crippen LogP contribution in [0.2, 0.25) is 0 Å². The Morgan fingerprint density at radius 2 is 2.67 bits per heavy atom. The Bertz CT molecular complexity index is 245. The van der Waals surface area contributed by atoms with Crippen LogP contribution >= 0.6 is 0 Å². The van der Waals surface area contributed by atoms with Gasteiger partial charge in [0.2, 0.25) is 0 Å². The molecular formula is C7H10N2O3. The second-order valence-corrected chi connectivity index (χ2v) is 2.47. The molecule has 5 heteroatoms. The molecule has 1 aromatic rings. The van der Waals surface area contributed by atoms with Crippen molar-refractivity contribution in [2.45, 2.75) is 13.0 Å². The lowest BCUT2D eigenvalue weighted by Crippen LogP contribution is -2.34. The van der Waals surface area contributed by atoms with Crippen LogP contribution in [0.5, 0.6) is 0 Å². The largest absolute Gasteiger partial charge is 0.394 e. The van der Waals surface area contributed by atoms with Crippen LogP contribution in [-0.2, 0) is 0 Å². The van der Waals surface area contributed by atoms with E-state index in [1.165, 1.54) is 12.5 Å². The van der Waals surface area contributed by atoms with Gasteiger partial charge in [0.15, 0.2) is 0 Å². The maximum Gasteiger partial charge on any atom is 0.256 e. The van der Waals surface area contributed by atoms with E-state index in [9.17, 15) is 4.79 Å². The Labute approximate surface area is 69.4 Å². The lowest BCUT2D eigenvalue weighted by molar-refractivity contribution is 0.0921. The fourth-order valence-corrected chi connectivity index (χ4v) is 0.670. The molecule has 0 spiro atoms. The van der Waals surface area contributed by atoms with E-state index in [4.69, 9.17) is 5.11 Å². The van der Waals surface area contributed by atoms with E-state index in [0.717, 1.165) is 0 Å². The zero-order chi connectivity index (χ0) is 8.97. The van der Waals surface area contributed by atoms with Crippen molar-refractivity contribution < 1.29 is 14.4 Å². The number of rotatable bonds is 3. The van der Waals surface area contributed by atoms with Gasteiger partial charge in [0.05, 0.1) is 18.4 Å². The van der Waals surface area contributed by atoms with Crippen molar-refractivity contribution in [1.29, 1.82) is 0 Å². The molecule has 1 heterocycles. The zero-order valence-electron chi connectivity index (χ0n) is 6.65. The molecule has 1 amide bonds. The van der Waals surface area contributed by atoms with E-state index in [0.29, 0.717) is 5.56 Å². The van der Waals surface area contributed by atoms with Crippen molar-refractivity contribution in [2.24, 2.45) is 0 Å². The highest BCUT2D eigenvalue weighted by Gasteiger charge is 2.09. The molecular weight excluding hydrogens is 160 g/mol. The van der Waals surface area contributed by atoms with Crippen LogP contribution in [0.15, 0.2) is 17.0 Å². The Kier molecular flexibility index (Phi) is 2.82. The Morgan fingerprint density at radius 1 is 1.92 bits per heavy atom. The van der Waals surface area contributed by atoms with Gasteiger partial charge < -0.3 is 14.9 Å². The molecule has 0 saturated carbocycles. The summed E-state index contributed by atoms with van der Waals surface area (Å²) in [5.41, 5.74) is 0.357. The van der Waals surface area contributed by atoms with E-state index in [-0.39, 0.29) is 18.6 Å². The minimum absolute atomic E-state index is 0.0863. The van der Waals surface area contributed by atoms with Gasteiger partial charge in [0, 0.05) is 6.04 Å². The summed E-state index contributed by atoms with van der Waals surface area (Å²) >= 11 is 0. The standard InChI is InChI=1S/C7H10N2O3/c1-5(3-10)9-7(11)6-2-8-12-4-6/h2,4-5,10H,3H2,1H3,(H,9,11). The number of nitrogens with one attached hydrogen (secondary N) is 1. The van der Waals surface area contributed by atoms with E-state index >= 15 is 0 Å². The van der Waals surface area contributed by atoms with Crippen molar-refractivity contribution in [1.82, 2.24) is 10.5 Å². The second-order valence-electron chi connectivity index (χ2n) is 2.47. The predicted molar refractivity (Wildman–Crippen MR) is 40.5 cm³/mol. The van der Waals surface area contributed by atoms with Crippen molar-refractivity contribution in [3.63, 3.8) is 0 Å². The molecule has 0 bridgehead atoms. The average Bonchev–Trinajstić information content (AvgIpc) is 2.56. The van der Waals surface area contributed by atoms with Crippen LogP contribution in [0.3, 0.4) is 0 Å². The SMILES string of the molecule is CC(CO)NC(=O)c1cnoc1. The third-order valence-corrected chi connectivity index (χ3v) is 1.35. The average molecular weight is 170 g/mol.